The molecule has 1 rings (SSSR count). The number of ether oxygens (including phenoxy) is 1. The van der Waals surface area contributed by atoms with E-state index in [9.17, 15) is 9.18 Å². The highest BCUT2D eigenvalue weighted by Crippen LogP contribution is 2.41. The molecule has 0 aromatic carbocycles. The molecule has 17 heavy (non-hydrogen) atoms. The van der Waals surface area contributed by atoms with Crippen LogP contribution in [0.25, 0.3) is 0 Å². The number of likely N-dealkylation sites (tertiary alicyclic amines) is 1. The van der Waals surface area contributed by atoms with E-state index in [0.717, 1.165) is 0 Å². The number of alkyl halides is 1. The first-order valence-corrected chi connectivity index (χ1v) is 6.11. The van der Waals surface area contributed by atoms with Gasteiger partial charge < -0.3 is 9.64 Å². The van der Waals surface area contributed by atoms with E-state index in [0.29, 0.717) is 13.0 Å². The van der Waals surface area contributed by atoms with Crippen molar-refractivity contribution in [3.63, 3.8) is 0 Å². The number of rotatable bonds is 0. The van der Waals surface area contributed by atoms with E-state index in [-0.39, 0.29) is 6.54 Å². The number of nitrogens with zero attached hydrogens (tertiary/aromatic N) is 1. The summed E-state index contributed by atoms with van der Waals surface area (Å²) in [5.41, 5.74) is -2.30. The van der Waals surface area contributed by atoms with E-state index >= 15 is 0 Å². The van der Waals surface area contributed by atoms with Gasteiger partial charge in [0.2, 0.25) is 0 Å². The monoisotopic (exact) mass is 245 g/mol. The molecule has 0 radical (unpaired) electrons. The molecule has 1 fully saturated rings. The lowest BCUT2D eigenvalue weighted by Crippen LogP contribution is -2.43. The summed E-state index contributed by atoms with van der Waals surface area (Å²) in [6.45, 7) is 11.6. The van der Waals surface area contributed by atoms with Gasteiger partial charge in [-0.3, -0.25) is 0 Å². The maximum Gasteiger partial charge on any atom is 0.410 e. The Hall–Kier alpha value is -0.800. The third-order valence-electron chi connectivity index (χ3n) is 3.22. The molecule has 100 valence electrons. The van der Waals surface area contributed by atoms with Crippen LogP contribution in [0.15, 0.2) is 0 Å². The largest absolute Gasteiger partial charge is 0.444 e. The normalized spacial score (nSPS) is 26.2. The topological polar surface area (TPSA) is 29.5 Å². The van der Waals surface area contributed by atoms with Crippen molar-refractivity contribution in [3.8, 4) is 0 Å². The summed E-state index contributed by atoms with van der Waals surface area (Å²) in [5.74, 6) is 0. The standard InChI is InChI=1S/C13H24FNO2/c1-11(2,3)13(14)7-8-15(9-13)10(16)17-12(4,5)6/h7-9H2,1-6H3. The first-order chi connectivity index (χ1) is 7.45. The van der Waals surface area contributed by atoms with E-state index in [1.165, 1.54) is 4.90 Å². The molecule has 0 bridgehead atoms. The summed E-state index contributed by atoms with van der Waals surface area (Å²) in [6, 6.07) is 0. The minimum absolute atomic E-state index is 0.130. The third kappa shape index (κ3) is 3.33. The molecule has 1 aliphatic rings. The zero-order chi connectivity index (χ0) is 13.5. The Morgan fingerprint density at radius 3 is 2.12 bits per heavy atom. The van der Waals surface area contributed by atoms with Gasteiger partial charge in [0.25, 0.3) is 0 Å². The summed E-state index contributed by atoms with van der Waals surface area (Å²) in [5, 5.41) is 0. The number of carbonyl (C=O) groups excluding carboxylic acids is 1. The summed E-state index contributed by atoms with van der Waals surface area (Å²) in [7, 11) is 0. The number of hydrogen-bond acceptors (Lipinski definition) is 2. The average Bonchev–Trinajstić information content (AvgIpc) is 2.44. The molecule has 0 aliphatic carbocycles. The van der Waals surface area contributed by atoms with Crippen LogP contribution in [0.3, 0.4) is 0 Å². The van der Waals surface area contributed by atoms with Crippen molar-refractivity contribution >= 4 is 6.09 Å². The van der Waals surface area contributed by atoms with Crippen LogP contribution in [-0.4, -0.2) is 35.4 Å². The molecule has 4 heteroatoms. The van der Waals surface area contributed by atoms with Crippen molar-refractivity contribution in [2.75, 3.05) is 13.1 Å². The number of hydrogen-bond donors (Lipinski definition) is 0. The molecule has 0 spiro atoms. The zero-order valence-corrected chi connectivity index (χ0v) is 11.8. The Morgan fingerprint density at radius 1 is 1.24 bits per heavy atom. The van der Waals surface area contributed by atoms with Crippen LogP contribution in [0.1, 0.15) is 48.0 Å². The van der Waals surface area contributed by atoms with Gasteiger partial charge in [-0.2, -0.15) is 0 Å². The number of halogens is 1. The molecule has 0 saturated carbocycles. The van der Waals surface area contributed by atoms with E-state index in [1.807, 2.05) is 41.5 Å². The Bertz CT molecular complexity index is 304. The highest BCUT2D eigenvalue weighted by Gasteiger charge is 2.49. The Kier molecular flexibility index (Phi) is 3.48. The summed E-state index contributed by atoms with van der Waals surface area (Å²) < 4.78 is 19.9. The molecule has 1 saturated heterocycles. The molecule has 1 heterocycles. The Morgan fingerprint density at radius 2 is 1.76 bits per heavy atom. The molecule has 1 aliphatic heterocycles. The van der Waals surface area contributed by atoms with Gasteiger partial charge >= 0.3 is 6.09 Å². The molecule has 0 aromatic heterocycles. The Labute approximate surface area is 103 Å². The second-order valence-electron chi connectivity index (χ2n) is 6.87. The highest BCUT2D eigenvalue weighted by molar-refractivity contribution is 5.68. The maximum atomic E-state index is 14.6. The summed E-state index contributed by atoms with van der Waals surface area (Å²) in [6.07, 6.45) is -0.0308. The number of carbonyl (C=O) groups is 1. The average molecular weight is 245 g/mol. The summed E-state index contributed by atoms with van der Waals surface area (Å²) in [4.78, 5) is 13.3. The van der Waals surface area contributed by atoms with Gasteiger partial charge in [-0.1, -0.05) is 20.8 Å². The zero-order valence-electron chi connectivity index (χ0n) is 11.8. The second-order valence-corrected chi connectivity index (χ2v) is 6.87. The minimum atomic E-state index is -1.32. The van der Waals surface area contributed by atoms with Gasteiger partial charge in [0, 0.05) is 13.0 Å². The van der Waals surface area contributed by atoms with Crippen LogP contribution < -0.4 is 0 Å². The lowest BCUT2D eigenvalue weighted by molar-refractivity contribution is 0.0122. The molecule has 1 amide bonds. The third-order valence-corrected chi connectivity index (χ3v) is 3.22. The van der Waals surface area contributed by atoms with E-state index in [1.54, 1.807) is 0 Å². The van der Waals surface area contributed by atoms with Gasteiger partial charge in [0.1, 0.15) is 11.3 Å². The quantitative estimate of drug-likeness (QED) is 0.654. The van der Waals surface area contributed by atoms with Crippen LogP contribution in [0, 0.1) is 5.41 Å². The molecular formula is C13H24FNO2. The Balaban J connectivity index is 2.65. The van der Waals surface area contributed by atoms with Crippen molar-refractivity contribution in [2.24, 2.45) is 5.41 Å². The van der Waals surface area contributed by atoms with Gasteiger partial charge in [-0.15, -0.1) is 0 Å². The van der Waals surface area contributed by atoms with E-state index < -0.39 is 22.8 Å². The SMILES string of the molecule is CC(C)(C)OC(=O)N1CCC(F)(C(C)(C)C)C1. The van der Waals surface area contributed by atoms with Gasteiger partial charge in [-0.25, -0.2) is 9.18 Å². The van der Waals surface area contributed by atoms with Crippen LogP contribution in [-0.2, 0) is 4.74 Å². The van der Waals surface area contributed by atoms with Crippen LogP contribution in [0.2, 0.25) is 0 Å². The maximum absolute atomic E-state index is 14.6. The molecule has 0 N–H and O–H groups in total. The highest BCUT2D eigenvalue weighted by atomic mass is 19.1. The van der Waals surface area contributed by atoms with Crippen molar-refractivity contribution in [2.45, 2.75) is 59.2 Å². The van der Waals surface area contributed by atoms with Crippen molar-refractivity contribution in [1.82, 2.24) is 4.90 Å². The second kappa shape index (κ2) is 4.14. The first kappa shape index (κ1) is 14.3. The molecule has 1 unspecified atom stereocenters. The molecule has 0 aromatic rings. The van der Waals surface area contributed by atoms with Gasteiger partial charge in [0.05, 0.1) is 6.54 Å². The molecule has 1 atom stereocenters. The fourth-order valence-corrected chi connectivity index (χ4v) is 1.87. The molecular weight excluding hydrogens is 221 g/mol. The van der Waals surface area contributed by atoms with Crippen molar-refractivity contribution < 1.29 is 13.9 Å². The van der Waals surface area contributed by atoms with Crippen LogP contribution in [0.4, 0.5) is 9.18 Å². The van der Waals surface area contributed by atoms with E-state index in [4.69, 9.17) is 4.74 Å². The summed E-state index contributed by atoms with van der Waals surface area (Å²) >= 11 is 0. The molecule has 3 nitrogen and oxygen atoms in total. The van der Waals surface area contributed by atoms with Crippen LogP contribution in [0.5, 0.6) is 0 Å². The number of amides is 1. The fourth-order valence-electron chi connectivity index (χ4n) is 1.87. The van der Waals surface area contributed by atoms with E-state index in [2.05, 4.69) is 0 Å². The van der Waals surface area contributed by atoms with Crippen molar-refractivity contribution in [3.05, 3.63) is 0 Å². The smallest absolute Gasteiger partial charge is 0.410 e. The van der Waals surface area contributed by atoms with Crippen LogP contribution >= 0.6 is 0 Å². The lowest BCUT2D eigenvalue weighted by Gasteiger charge is -2.34. The minimum Gasteiger partial charge on any atom is -0.444 e. The van der Waals surface area contributed by atoms with Crippen molar-refractivity contribution in [1.29, 1.82) is 0 Å². The van der Waals surface area contributed by atoms with Gasteiger partial charge in [-0.05, 0) is 26.2 Å². The predicted octanol–water partition coefficient (Wildman–Crippen LogP) is 3.38. The lowest BCUT2D eigenvalue weighted by atomic mass is 9.77. The first-order valence-electron chi connectivity index (χ1n) is 6.11. The predicted molar refractivity (Wildman–Crippen MR) is 65.7 cm³/mol. The fraction of sp³-hybridized carbons (Fsp3) is 0.923. The van der Waals surface area contributed by atoms with Gasteiger partial charge in [0.15, 0.2) is 0 Å².